The zero-order chi connectivity index (χ0) is 22.2. The highest BCUT2D eigenvalue weighted by atomic mass is 32.2. The van der Waals surface area contributed by atoms with Crippen molar-refractivity contribution in [3.05, 3.63) is 46.7 Å². The first kappa shape index (κ1) is 21.6. The maximum atomic E-state index is 13.2. The number of hydrogen-bond donors (Lipinski definition) is 1. The van der Waals surface area contributed by atoms with Gasteiger partial charge in [-0.15, -0.1) is 11.3 Å². The van der Waals surface area contributed by atoms with Gasteiger partial charge < -0.3 is 9.64 Å². The van der Waals surface area contributed by atoms with E-state index in [2.05, 4.69) is 0 Å². The Morgan fingerprint density at radius 3 is 2.55 bits per heavy atom. The highest BCUT2D eigenvalue weighted by Gasteiger charge is 2.45. The van der Waals surface area contributed by atoms with Crippen LogP contribution in [-0.4, -0.2) is 56.3 Å². The minimum atomic E-state index is -3.90. The molecule has 2 unspecified atom stereocenters. The molecule has 9 nitrogen and oxygen atoms in total. The number of carbonyl (C=O) groups is 3. The number of hydrogen-bond acceptors (Lipinski definition) is 7. The lowest BCUT2D eigenvalue weighted by molar-refractivity contribution is -0.122. The van der Waals surface area contributed by atoms with Crippen LogP contribution < -0.4 is 10.0 Å². The zero-order valence-corrected chi connectivity index (χ0v) is 18.1. The summed E-state index contributed by atoms with van der Waals surface area (Å²) in [6.45, 7) is 0.824. The summed E-state index contributed by atoms with van der Waals surface area (Å²) in [6.07, 6.45) is 1.32. The number of thiophene rings is 1. The van der Waals surface area contributed by atoms with E-state index in [1.807, 2.05) is 0 Å². The molecule has 2 saturated heterocycles. The highest BCUT2D eigenvalue weighted by molar-refractivity contribution is 7.89. The lowest BCUT2D eigenvalue weighted by atomic mass is 10.1. The predicted octanol–water partition coefficient (Wildman–Crippen LogP) is 1.35. The molecule has 0 aliphatic carbocycles. The van der Waals surface area contributed by atoms with Gasteiger partial charge in [0.15, 0.2) is 0 Å². The van der Waals surface area contributed by atoms with Crippen molar-refractivity contribution in [3.63, 3.8) is 0 Å². The topological polar surface area (TPSA) is 127 Å². The van der Waals surface area contributed by atoms with Crippen LogP contribution in [-0.2, 0) is 24.3 Å². The molecule has 2 N–H and O–H groups in total. The minimum absolute atomic E-state index is 0.125. The van der Waals surface area contributed by atoms with Crippen LogP contribution in [0.15, 0.2) is 46.7 Å². The van der Waals surface area contributed by atoms with Crippen molar-refractivity contribution in [3.8, 4) is 0 Å². The molecule has 0 spiro atoms. The predicted molar refractivity (Wildman–Crippen MR) is 113 cm³/mol. The zero-order valence-electron chi connectivity index (χ0n) is 16.5. The molecule has 2 aliphatic rings. The van der Waals surface area contributed by atoms with E-state index in [1.165, 1.54) is 40.5 Å². The van der Waals surface area contributed by atoms with Gasteiger partial charge in [0.25, 0.3) is 11.8 Å². The molecular formula is C20H21N3O6S2. The fourth-order valence-electron chi connectivity index (χ4n) is 3.82. The highest BCUT2D eigenvalue weighted by Crippen LogP contribution is 2.29. The smallest absolute Gasteiger partial charge is 0.264 e. The molecular weight excluding hydrogens is 442 g/mol. The third kappa shape index (κ3) is 4.40. The molecule has 31 heavy (non-hydrogen) atoms. The van der Waals surface area contributed by atoms with E-state index in [0.717, 1.165) is 17.7 Å². The number of carbonyl (C=O) groups excluding carboxylic acids is 3. The number of benzene rings is 1. The van der Waals surface area contributed by atoms with Gasteiger partial charge >= 0.3 is 0 Å². The first-order chi connectivity index (χ1) is 14.8. The Kier molecular flexibility index (Phi) is 5.93. The van der Waals surface area contributed by atoms with E-state index >= 15 is 0 Å². The van der Waals surface area contributed by atoms with Gasteiger partial charge in [0, 0.05) is 13.2 Å². The second-order valence-corrected chi connectivity index (χ2v) is 9.91. The third-order valence-electron chi connectivity index (χ3n) is 5.34. The second-order valence-electron chi connectivity index (χ2n) is 7.40. The Morgan fingerprint density at radius 1 is 1.23 bits per heavy atom. The quantitative estimate of drug-likeness (QED) is 0.644. The van der Waals surface area contributed by atoms with Crippen LogP contribution >= 0.6 is 11.3 Å². The van der Waals surface area contributed by atoms with Crippen molar-refractivity contribution in [2.75, 3.05) is 18.1 Å². The van der Waals surface area contributed by atoms with Crippen LogP contribution in [0.5, 0.6) is 0 Å². The fraction of sp³-hybridized carbons (Fsp3) is 0.350. The Hall–Kier alpha value is -2.60. The molecule has 2 atom stereocenters. The lowest BCUT2D eigenvalue weighted by Crippen LogP contribution is -2.48. The van der Waals surface area contributed by atoms with Crippen LogP contribution in [0.25, 0.3) is 0 Å². The lowest BCUT2D eigenvalue weighted by Gasteiger charge is -2.29. The molecule has 164 valence electrons. The van der Waals surface area contributed by atoms with Crippen molar-refractivity contribution in [1.82, 2.24) is 4.90 Å². The van der Waals surface area contributed by atoms with E-state index < -0.39 is 27.9 Å². The number of anilines is 1. The second kappa shape index (κ2) is 8.50. The summed E-state index contributed by atoms with van der Waals surface area (Å²) in [4.78, 5) is 41.9. The Bertz CT molecular complexity index is 1090. The molecule has 0 radical (unpaired) electrons. The van der Waals surface area contributed by atoms with Crippen molar-refractivity contribution in [2.45, 2.75) is 36.3 Å². The van der Waals surface area contributed by atoms with Crippen molar-refractivity contribution < 1.29 is 27.5 Å². The van der Waals surface area contributed by atoms with E-state index in [9.17, 15) is 22.8 Å². The maximum Gasteiger partial charge on any atom is 0.264 e. The molecule has 1 aromatic heterocycles. The molecule has 3 amide bonds. The van der Waals surface area contributed by atoms with Gasteiger partial charge in [0.2, 0.25) is 15.9 Å². The Balaban J connectivity index is 1.61. The molecule has 2 fully saturated rings. The third-order valence-corrected chi connectivity index (χ3v) is 7.13. The number of sulfonamides is 1. The Morgan fingerprint density at radius 2 is 1.97 bits per heavy atom. The van der Waals surface area contributed by atoms with Crippen LogP contribution in [0, 0.1) is 0 Å². The summed E-state index contributed by atoms with van der Waals surface area (Å²) in [5, 5.41) is 6.88. The standard InChI is InChI=1S/C20H21N3O6S2/c21-31(27,28)15-7-5-13(6-8-15)23-18(24)11-16(19(23)25)22(12-14-3-1-9-29-14)20(26)17-4-2-10-30-17/h2,4-8,10,14,16H,1,3,9,11-12H2,(H2,21,27,28). The summed E-state index contributed by atoms with van der Waals surface area (Å²) >= 11 is 1.27. The molecule has 0 saturated carbocycles. The summed E-state index contributed by atoms with van der Waals surface area (Å²) < 4.78 is 28.6. The summed E-state index contributed by atoms with van der Waals surface area (Å²) in [5.74, 6) is -1.31. The number of imide groups is 1. The molecule has 2 aliphatic heterocycles. The number of amides is 3. The van der Waals surface area contributed by atoms with Gasteiger partial charge in [-0.1, -0.05) is 6.07 Å². The first-order valence-corrected chi connectivity index (χ1v) is 12.1. The number of primary sulfonamides is 1. The number of nitrogens with two attached hydrogens (primary N) is 1. The first-order valence-electron chi connectivity index (χ1n) is 9.71. The number of rotatable bonds is 6. The van der Waals surface area contributed by atoms with Gasteiger partial charge in [-0.25, -0.2) is 18.5 Å². The summed E-state index contributed by atoms with van der Waals surface area (Å²) in [5.41, 5.74) is 0.227. The van der Waals surface area contributed by atoms with E-state index in [0.29, 0.717) is 11.5 Å². The molecule has 3 heterocycles. The van der Waals surface area contributed by atoms with Crippen LogP contribution in [0.4, 0.5) is 5.69 Å². The molecule has 2 aromatic rings. The van der Waals surface area contributed by atoms with Gasteiger partial charge in [-0.3, -0.25) is 14.4 Å². The summed E-state index contributed by atoms with van der Waals surface area (Å²) in [6, 6.07) is 7.65. The Labute approximate surface area is 183 Å². The van der Waals surface area contributed by atoms with Crippen molar-refractivity contribution in [2.24, 2.45) is 5.14 Å². The van der Waals surface area contributed by atoms with Crippen LogP contribution in [0.1, 0.15) is 28.9 Å². The van der Waals surface area contributed by atoms with Crippen molar-refractivity contribution >= 4 is 44.8 Å². The van der Waals surface area contributed by atoms with Gasteiger partial charge in [-0.2, -0.15) is 0 Å². The minimum Gasteiger partial charge on any atom is -0.376 e. The number of ether oxygens (including phenoxy) is 1. The average Bonchev–Trinajstić information content (AvgIpc) is 3.48. The largest absolute Gasteiger partial charge is 0.376 e. The van der Waals surface area contributed by atoms with Gasteiger partial charge in [0.1, 0.15) is 6.04 Å². The molecule has 4 rings (SSSR count). The van der Waals surface area contributed by atoms with E-state index in [-0.39, 0.29) is 35.6 Å². The maximum absolute atomic E-state index is 13.2. The SMILES string of the molecule is NS(=O)(=O)c1ccc(N2C(=O)CC(N(CC3CCCO3)C(=O)c3cccs3)C2=O)cc1. The molecule has 0 bridgehead atoms. The van der Waals surface area contributed by atoms with Gasteiger partial charge in [-0.05, 0) is 48.6 Å². The fourth-order valence-corrected chi connectivity index (χ4v) is 5.01. The molecule has 1 aromatic carbocycles. The van der Waals surface area contributed by atoms with E-state index in [4.69, 9.17) is 9.88 Å². The summed E-state index contributed by atoms with van der Waals surface area (Å²) in [7, 11) is -3.90. The van der Waals surface area contributed by atoms with Crippen molar-refractivity contribution in [1.29, 1.82) is 0 Å². The normalized spacial score (nSPS) is 21.6. The monoisotopic (exact) mass is 463 g/mol. The van der Waals surface area contributed by atoms with Gasteiger partial charge in [0.05, 0.1) is 28.0 Å². The van der Waals surface area contributed by atoms with E-state index in [1.54, 1.807) is 17.5 Å². The number of nitrogens with zero attached hydrogens (tertiary/aromatic N) is 2. The van der Waals surface area contributed by atoms with Crippen LogP contribution in [0.2, 0.25) is 0 Å². The average molecular weight is 464 g/mol. The van der Waals surface area contributed by atoms with Crippen LogP contribution in [0.3, 0.4) is 0 Å². The molecule has 11 heteroatoms.